The summed E-state index contributed by atoms with van der Waals surface area (Å²) in [5.74, 6) is 2.06. The van der Waals surface area contributed by atoms with Gasteiger partial charge in [0.25, 0.3) is 0 Å². The van der Waals surface area contributed by atoms with Gasteiger partial charge in [0, 0.05) is 44.9 Å². The zero-order chi connectivity index (χ0) is 37.9. The van der Waals surface area contributed by atoms with E-state index in [0.29, 0.717) is 41.8 Å². The zero-order valence-electron chi connectivity index (χ0n) is 31.7. The van der Waals surface area contributed by atoms with Crippen molar-refractivity contribution in [2.45, 2.75) is 71.6 Å². The summed E-state index contributed by atoms with van der Waals surface area (Å²) in [6.07, 6.45) is 2.98. The first-order valence-electron chi connectivity index (χ1n) is 19.0. The van der Waals surface area contributed by atoms with Gasteiger partial charge in [0.1, 0.15) is 30.5 Å². The monoisotopic (exact) mass is 753 g/mol. The highest BCUT2D eigenvalue weighted by Gasteiger charge is 2.30. The molecule has 54 heavy (non-hydrogen) atoms. The van der Waals surface area contributed by atoms with Crippen LogP contribution in [0.25, 0.3) is 11.1 Å². The highest BCUT2D eigenvalue weighted by atomic mass is 35.5. The molecule has 0 aromatic heterocycles. The molecule has 9 nitrogen and oxygen atoms in total. The Hall–Kier alpha value is -4.14. The Kier molecular flexibility index (Phi) is 14.2. The van der Waals surface area contributed by atoms with Gasteiger partial charge in [0.05, 0.1) is 42.5 Å². The molecule has 10 heteroatoms. The molecular formula is C44H52ClN3O6. The molecule has 4 aromatic carbocycles. The second-order valence-electron chi connectivity index (χ2n) is 14.1. The van der Waals surface area contributed by atoms with Crippen molar-refractivity contribution in [3.63, 3.8) is 0 Å². The molecule has 1 unspecified atom stereocenters. The molecule has 0 bridgehead atoms. The Balaban J connectivity index is 1.18. The third-order valence-electron chi connectivity index (χ3n) is 10.6. The second-order valence-corrected chi connectivity index (χ2v) is 14.5. The lowest BCUT2D eigenvalue weighted by molar-refractivity contribution is -0.135. The number of likely N-dealkylation sites (tertiary alicyclic amines) is 1. The number of ether oxygens (including phenoxy) is 5. The van der Waals surface area contributed by atoms with E-state index in [4.69, 9.17) is 35.3 Å². The molecule has 0 saturated carbocycles. The molecule has 4 aromatic rings. The largest absolute Gasteiger partial charge is 0.493 e. The van der Waals surface area contributed by atoms with Crippen molar-refractivity contribution >= 4 is 11.6 Å². The van der Waals surface area contributed by atoms with E-state index in [1.807, 2.05) is 36.4 Å². The lowest BCUT2D eigenvalue weighted by Gasteiger charge is -2.38. The molecule has 2 aliphatic rings. The number of piperidine rings is 1. The van der Waals surface area contributed by atoms with Gasteiger partial charge in [-0.2, -0.15) is 5.26 Å². The van der Waals surface area contributed by atoms with Crippen LogP contribution in [-0.2, 0) is 29.2 Å². The van der Waals surface area contributed by atoms with Gasteiger partial charge in [-0.25, -0.2) is 0 Å². The number of morpholine rings is 1. The smallest absolute Gasteiger partial charge is 0.169 e. The highest BCUT2D eigenvalue weighted by molar-refractivity contribution is 6.32. The number of rotatable bonds is 16. The summed E-state index contributed by atoms with van der Waals surface area (Å²) in [5.41, 5.74) is 7.89. The molecule has 0 radical (unpaired) electrons. The van der Waals surface area contributed by atoms with Crippen LogP contribution in [0.15, 0.2) is 72.8 Å². The van der Waals surface area contributed by atoms with Crippen molar-refractivity contribution in [1.29, 1.82) is 5.26 Å². The van der Waals surface area contributed by atoms with E-state index in [9.17, 15) is 10.4 Å². The minimum atomic E-state index is -0.884. The number of halogens is 1. The van der Waals surface area contributed by atoms with Crippen molar-refractivity contribution in [1.82, 2.24) is 9.80 Å². The summed E-state index contributed by atoms with van der Waals surface area (Å²) in [4.78, 5) is 4.66. The van der Waals surface area contributed by atoms with E-state index in [-0.39, 0.29) is 12.6 Å². The number of hydrogen-bond acceptors (Lipinski definition) is 9. The van der Waals surface area contributed by atoms with Crippen LogP contribution in [0.4, 0.5) is 0 Å². The number of methoxy groups -OCH3 is 1. The molecule has 2 heterocycles. The van der Waals surface area contributed by atoms with Crippen molar-refractivity contribution in [2.75, 3.05) is 53.1 Å². The zero-order valence-corrected chi connectivity index (χ0v) is 32.4. The van der Waals surface area contributed by atoms with Crippen LogP contribution in [-0.4, -0.2) is 80.3 Å². The molecule has 2 fully saturated rings. The normalized spacial score (nSPS) is 17.1. The number of nitrogens with zero attached hydrogens (tertiary/aromatic N) is 3. The van der Waals surface area contributed by atoms with E-state index in [1.54, 1.807) is 6.07 Å². The van der Waals surface area contributed by atoms with Gasteiger partial charge in [-0.3, -0.25) is 9.80 Å². The first-order chi connectivity index (χ1) is 26.3. The summed E-state index contributed by atoms with van der Waals surface area (Å²) >= 11 is 6.94. The van der Waals surface area contributed by atoms with Crippen molar-refractivity contribution in [2.24, 2.45) is 0 Å². The van der Waals surface area contributed by atoms with Crippen LogP contribution in [0.5, 0.6) is 17.2 Å². The maximum Gasteiger partial charge on any atom is 0.169 e. The lowest BCUT2D eigenvalue weighted by Crippen LogP contribution is -2.47. The highest BCUT2D eigenvalue weighted by Crippen LogP contribution is 2.37. The average molecular weight is 754 g/mol. The number of aliphatic hydroxyl groups is 1. The number of nitriles is 1. The third-order valence-corrected chi connectivity index (χ3v) is 10.9. The molecule has 2 aliphatic heterocycles. The van der Waals surface area contributed by atoms with Gasteiger partial charge in [0.2, 0.25) is 0 Å². The van der Waals surface area contributed by atoms with Crippen LogP contribution in [0.1, 0.15) is 59.1 Å². The molecular weight excluding hydrogens is 702 g/mol. The predicted molar refractivity (Wildman–Crippen MR) is 211 cm³/mol. The van der Waals surface area contributed by atoms with E-state index in [2.05, 4.69) is 60.0 Å². The van der Waals surface area contributed by atoms with Crippen LogP contribution in [0.2, 0.25) is 5.02 Å². The van der Waals surface area contributed by atoms with E-state index in [0.717, 1.165) is 110 Å². The lowest BCUT2D eigenvalue weighted by atomic mass is 9.93. The molecule has 6 rings (SSSR count). The van der Waals surface area contributed by atoms with Crippen LogP contribution in [0, 0.1) is 25.2 Å². The average Bonchev–Trinajstić information content (AvgIpc) is 3.20. The van der Waals surface area contributed by atoms with E-state index in [1.165, 1.54) is 7.11 Å². The summed E-state index contributed by atoms with van der Waals surface area (Å²) in [6.45, 7) is 11.4. The van der Waals surface area contributed by atoms with Crippen molar-refractivity contribution in [3.05, 3.63) is 111 Å². The van der Waals surface area contributed by atoms with Crippen LogP contribution in [0.3, 0.4) is 0 Å². The Labute approximate surface area is 324 Å². The first-order valence-corrected chi connectivity index (χ1v) is 19.4. The number of benzene rings is 4. The van der Waals surface area contributed by atoms with Gasteiger partial charge >= 0.3 is 0 Å². The quantitative estimate of drug-likeness (QED) is 0.0900. The van der Waals surface area contributed by atoms with Crippen molar-refractivity contribution < 1.29 is 28.8 Å². The number of hydrogen-bond donors (Lipinski definition) is 1. The van der Waals surface area contributed by atoms with Gasteiger partial charge in [0.15, 0.2) is 6.29 Å². The molecule has 0 spiro atoms. The number of aliphatic hydroxyl groups excluding tert-OH is 1. The standard InChI is InChI=1S/C44H52ClN3O6/c1-31-35(12-7-13-37(31)38-14-8-16-41(32(38)2)52-21-9-17-47-19-22-51-23-20-47)30-54-43-26-42(53-29-34-11-6-10-33(24-34)27-46)36(25-39(43)45)28-48-18-5-4-15-40(48)44(49)50-3/h6-8,10-14,16,24-26,40,44,49H,4-5,9,15,17-23,28-30H2,1-3H3/t40-,44?/m0/s1. The van der Waals surface area contributed by atoms with Gasteiger partial charge < -0.3 is 28.8 Å². The SMILES string of the molecule is COC(O)[C@@H]1CCCCN1Cc1cc(Cl)c(OCc2cccc(-c3cccc(OCCCN4CCOCC4)c3C)c2C)cc1OCc1cccc(C#N)c1. The Morgan fingerprint density at radius 3 is 2.41 bits per heavy atom. The minimum absolute atomic E-state index is 0.134. The predicted octanol–water partition coefficient (Wildman–Crippen LogP) is 8.07. The van der Waals surface area contributed by atoms with Crippen LogP contribution < -0.4 is 14.2 Å². The van der Waals surface area contributed by atoms with E-state index >= 15 is 0 Å². The third kappa shape index (κ3) is 10.1. The minimum Gasteiger partial charge on any atom is -0.493 e. The molecule has 2 atom stereocenters. The van der Waals surface area contributed by atoms with Gasteiger partial charge in [-0.15, -0.1) is 0 Å². The van der Waals surface area contributed by atoms with Gasteiger partial charge in [-0.05, 0) is 97.3 Å². The summed E-state index contributed by atoms with van der Waals surface area (Å²) in [7, 11) is 1.53. The van der Waals surface area contributed by atoms with Crippen molar-refractivity contribution in [3.8, 4) is 34.4 Å². The fourth-order valence-corrected chi connectivity index (χ4v) is 7.63. The van der Waals surface area contributed by atoms with Crippen LogP contribution >= 0.6 is 11.6 Å². The van der Waals surface area contributed by atoms with Gasteiger partial charge in [-0.1, -0.05) is 60.5 Å². The summed E-state index contributed by atoms with van der Waals surface area (Å²) < 4.78 is 30.0. The Morgan fingerprint density at radius 2 is 1.61 bits per heavy atom. The maximum atomic E-state index is 10.6. The fraction of sp³-hybridized carbons (Fsp3) is 0.432. The molecule has 0 aliphatic carbocycles. The molecule has 286 valence electrons. The molecule has 2 saturated heterocycles. The summed E-state index contributed by atoms with van der Waals surface area (Å²) in [5, 5.41) is 20.5. The summed E-state index contributed by atoms with van der Waals surface area (Å²) in [6, 6.07) is 25.8. The second kappa shape index (κ2) is 19.4. The molecule has 0 amide bonds. The van der Waals surface area contributed by atoms with E-state index < -0.39 is 6.29 Å². The Morgan fingerprint density at radius 1 is 0.852 bits per heavy atom. The maximum absolute atomic E-state index is 10.6. The fourth-order valence-electron chi connectivity index (χ4n) is 7.39. The Bertz CT molecular complexity index is 1890. The topological polar surface area (TPSA) is 96.7 Å². The molecule has 1 N–H and O–H groups in total. The first kappa shape index (κ1) is 39.6.